The summed E-state index contributed by atoms with van der Waals surface area (Å²) in [7, 11) is 0. The predicted octanol–water partition coefficient (Wildman–Crippen LogP) is -0.547. The van der Waals surface area contributed by atoms with Gasteiger partial charge >= 0.3 is 5.97 Å². The Balaban J connectivity index is 1.28. The van der Waals surface area contributed by atoms with Crippen molar-refractivity contribution in [3.05, 3.63) is 59.7 Å². The van der Waals surface area contributed by atoms with E-state index >= 15 is 0 Å². The molecule has 3 aromatic heterocycles. The highest BCUT2D eigenvalue weighted by molar-refractivity contribution is 5.93. The molecule has 1 aromatic carbocycles. The highest BCUT2D eigenvalue weighted by atomic mass is 16.6. The average molecular weight is 581 g/mol. The molecule has 5 atom stereocenters. The van der Waals surface area contributed by atoms with E-state index in [0.29, 0.717) is 24.5 Å². The van der Waals surface area contributed by atoms with E-state index in [1.807, 2.05) is 0 Å². The second kappa shape index (κ2) is 11.4. The third-order valence-electron chi connectivity index (χ3n) is 7.18. The van der Waals surface area contributed by atoms with Crippen LogP contribution >= 0.6 is 0 Å². The third-order valence-corrected chi connectivity index (χ3v) is 7.18. The summed E-state index contributed by atoms with van der Waals surface area (Å²) in [6, 6.07) is 6.14. The van der Waals surface area contributed by atoms with Gasteiger partial charge in [-0.15, -0.1) is 0 Å². The van der Waals surface area contributed by atoms with E-state index in [1.165, 1.54) is 40.1 Å². The molecule has 0 aliphatic carbocycles. The lowest BCUT2D eigenvalue weighted by Gasteiger charge is -2.17. The zero-order chi connectivity index (χ0) is 29.4. The molecule has 220 valence electrons. The number of fused-ring (bicyclic) bond motifs is 1. The normalized spacial score (nSPS) is 23.8. The van der Waals surface area contributed by atoms with Crippen LogP contribution in [0.4, 0.5) is 5.82 Å². The summed E-state index contributed by atoms with van der Waals surface area (Å²) in [4.78, 5) is 37.5. The Morgan fingerprint density at radius 1 is 1.10 bits per heavy atom. The van der Waals surface area contributed by atoms with Crippen molar-refractivity contribution in [3.8, 4) is 5.95 Å². The van der Waals surface area contributed by atoms with Crippen molar-refractivity contribution in [2.24, 2.45) is 0 Å². The van der Waals surface area contributed by atoms with Crippen LogP contribution in [-0.2, 0) is 16.0 Å². The van der Waals surface area contributed by atoms with Crippen LogP contribution in [0.2, 0.25) is 0 Å². The van der Waals surface area contributed by atoms with Crippen LogP contribution in [0.3, 0.4) is 0 Å². The Morgan fingerprint density at radius 3 is 2.60 bits per heavy atom. The lowest BCUT2D eigenvalue weighted by atomic mass is 10.1. The number of carbonyl (C=O) groups excluding carboxylic acids is 1. The quantitative estimate of drug-likeness (QED) is 0.147. The maximum absolute atomic E-state index is 12.8. The largest absolute Gasteiger partial charge is 0.478 e. The zero-order valence-corrected chi connectivity index (χ0v) is 22.1. The van der Waals surface area contributed by atoms with Gasteiger partial charge in [-0.1, -0.05) is 12.1 Å². The van der Waals surface area contributed by atoms with Gasteiger partial charge in [-0.05, 0) is 24.1 Å². The lowest BCUT2D eigenvalue weighted by Crippen LogP contribution is -2.33. The first-order valence-electron chi connectivity index (χ1n) is 13.2. The number of nitrogens with zero attached hydrogens (tertiary/aromatic N) is 6. The molecule has 0 saturated carbocycles. The smallest absolute Gasteiger partial charge is 0.335 e. The molecule has 1 amide bonds. The number of imidazole rings is 1. The van der Waals surface area contributed by atoms with Crippen molar-refractivity contribution in [3.63, 3.8) is 0 Å². The Kier molecular flexibility index (Phi) is 7.53. The molecule has 0 bridgehead atoms. The number of rotatable bonds is 9. The fourth-order valence-electron chi connectivity index (χ4n) is 4.84. The molecule has 16 heteroatoms. The second-order valence-electron chi connectivity index (χ2n) is 9.99. The van der Waals surface area contributed by atoms with Gasteiger partial charge in [-0.2, -0.15) is 15.1 Å². The van der Waals surface area contributed by atoms with Crippen molar-refractivity contribution >= 4 is 28.9 Å². The van der Waals surface area contributed by atoms with Gasteiger partial charge in [-0.3, -0.25) is 9.36 Å². The number of hydrogen-bond acceptors (Lipinski definition) is 12. The number of hydrogen-bond donors (Lipinski definition) is 6. The zero-order valence-electron chi connectivity index (χ0n) is 22.1. The Bertz CT molecular complexity index is 1600. The molecule has 0 spiro atoms. The number of aromatic nitrogens is 6. The van der Waals surface area contributed by atoms with Crippen LogP contribution in [0.5, 0.6) is 0 Å². The monoisotopic (exact) mass is 580 g/mol. The molecule has 2 aliphatic rings. The predicted molar refractivity (Wildman–Crippen MR) is 143 cm³/mol. The Labute approximate surface area is 237 Å². The first kappa shape index (κ1) is 27.7. The van der Waals surface area contributed by atoms with Crippen molar-refractivity contribution in [1.29, 1.82) is 0 Å². The number of aromatic carboxylic acids is 1. The SMILES string of the molecule is O=C(O)c1ccc(CNC(=O)c2cnn(-c3nc(N[C@@H]4CCOC4)c4ncn([C@@H]5O[C@H](CO)[C@@H](O)[C@@H]5O)c4n3)c2)cc1. The van der Waals surface area contributed by atoms with Gasteiger partial charge in [0.2, 0.25) is 0 Å². The standard InChI is InChI=1S/C26H28N8O8/c35-10-17-19(36)20(37)24(42-17)33-12-28-18-21(30-16-5-6-41-11-16)31-26(32-22(18)33)34-9-15(8-29-34)23(38)27-7-13-1-3-14(4-2-13)25(39)40/h1-4,8-9,12,16-17,19-20,24,35-37H,5-7,10-11H2,(H,27,38)(H,39,40)(H,30,31,32)/t16-,17-,19-,20+,24-/m1/s1. The molecular weight excluding hydrogens is 552 g/mol. The molecule has 5 heterocycles. The summed E-state index contributed by atoms with van der Waals surface area (Å²) < 4.78 is 13.9. The number of nitrogens with one attached hydrogen (secondary N) is 2. The number of carboxylic acid groups (broad SMARTS) is 1. The van der Waals surface area contributed by atoms with Crippen molar-refractivity contribution in [2.45, 2.75) is 43.5 Å². The van der Waals surface area contributed by atoms with Gasteiger partial charge < -0.3 is 40.5 Å². The maximum Gasteiger partial charge on any atom is 0.335 e. The second-order valence-corrected chi connectivity index (χ2v) is 9.99. The molecule has 6 rings (SSSR count). The van der Waals surface area contributed by atoms with Crippen LogP contribution in [-0.4, -0.2) is 106 Å². The van der Waals surface area contributed by atoms with Crippen LogP contribution in [0.15, 0.2) is 43.0 Å². The maximum atomic E-state index is 12.8. The first-order chi connectivity index (χ1) is 20.3. The van der Waals surface area contributed by atoms with Gasteiger partial charge in [-0.25, -0.2) is 14.5 Å². The lowest BCUT2D eigenvalue weighted by molar-refractivity contribution is -0.0511. The fourth-order valence-corrected chi connectivity index (χ4v) is 4.84. The minimum atomic E-state index is -1.35. The molecule has 2 saturated heterocycles. The van der Waals surface area contributed by atoms with E-state index in [4.69, 9.17) is 14.6 Å². The number of benzene rings is 1. The topological polar surface area (TPSA) is 219 Å². The van der Waals surface area contributed by atoms with E-state index in [2.05, 4.69) is 30.7 Å². The minimum absolute atomic E-state index is 0.0291. The van der Waals surface area contributed by atoms with Crippen LogP contribution in [0.1, 0.15) is 38.9 Å². The number of ether oxygens (including phenoxy) is 2. The van der Waals surface area contributed by atoms with E-state index < -0.39 is 43.0 Å². The van der Waals surface area contributed by atoms with E-state index in [1.54, 1.807) is 12.1 Å². The molecule has 4 aromatic rings. The van der Waals surface area contributed by atoms with Gasteiger partial charge in [0, 0.05) is 19.3 Å². The molecule has 0 unspecified atom stereocenters. The molecule has 42 heavy (non-hydrogen) atoms. The van der Waals surface area contributed by atoms with E-state index in [9.17, 15) is 24.9 Å². The summed E-state index contributed by atoms with van der Waals surface area (Å²) in [6.07, 6.45) is 0.256. The van der Waals surface area contributed by atoms with Crippen LogP contribution < -0.4 is 10.6 Å². The van der Waals surface area contributed by atoms with Crippen molar-refractivity contribution in [1.82, 2.24) is 34.6 Å². The molecule has 6 N–H and O–H groups in total. The van der Waals surface area contributed by atoms with Crippen molar-refractivity contribution < 1.29 is 39.5 Å². The summed E-state index contributed by atoms with van der Waals surface area (Å²) in [5, 5.41) is 49.8. The van der Waals surface area contributed by atoms with Crippen LogP contribution in [0.25, 0.3) is 17.1 Å². The van der Waals surface area contributed by atoms with E-state index in [0.717, 1.165) is 12.0 Å². The van der Waals surface area contributed by atoms with Gasteiger partial charge in [0.25, 0.3) is 11.9 Å². The number of aliphatic hydroxyl groups is 3. The number of carbonyl (C=O) groups is 2. The van der Waals surface area contributed by atoms with Crippen LogP contribution in [0, 0.1) is 0 Å². The highest BCUT2D eigenvalue weighted by Gasteiger charge is 2.44. The minimum Gasteiger partial charge on any atom is -0.478 e. The van der Waals surface area contributed by atoms with Gasteiger partial charge in [0.1, 0.15) is 18.3 Å². The van der Waals surface area contributed by atoms with Crippen molar-refractivity contribution in [2.75, 3.05) is 25.1 Å². The summed E-state index contributed by atoms with van der Waals surface area (Å²) in [5.74, 6) is -0.971. The molecule has 2 fully saturated rings. The first-order valence-corrected chi connectivity index (χ1v) is 13.2. The Morgan fingerprint density at radius 2 is 1.90 bits per heavy atom. The molecule has 2 aliphatic heterocycles. The molecular formula is C26H28N8O8. The van der Waals surface area contributed by atoms with E-state index in [-0.39, 0.29) is 35.3 Å². The summed E-state index contributed by atoms with van der Waals surface area (Å²) in [5.41, 5.74) is 1.75. The number of anilines is 1. The summed E-state index contributed by atoms with van der Waals surface area (Å²) in [6.45, 7) is 0.758. The number of carboxylic acids is 1. The third kappa shape index (κ3) is 5.28. The molecule has 16 nitrogen and oxygen atoms in total. The number of amides is 1. The molecule has 0 radical (unpaired) electrons. The van der Waals surface area contributed by atoms with Gasteiger partial charge in [0.15, 0.2) is 23.2 Å². The highest BCUT2D eigenvalue weighted by Crippen LogP contribution is 2.33. The fraction of sp³-hybridized carbons (Fsp3) is 0.385. The van der Waals surface area contributed by atoms with Gasteiger partial charge in [0.05, 0.1) is 42.9 Å². The average Bonchev–Trinajstić information content (AvgIpc) is 3.80. The number of aliphatic hydroxyl groups excluding tert-OH is 3. The Hall–Kier alpha value is -4.48. The summed E-state index contributed by atoms with van der Waals surface area (Å²) >= 11 is 0.